The number of aromatic amines is 1. The summed E-state index contributed by atoms with van der Waals surface area (Å²) in [7, 11) is 0. The zero-order chi connectivity index (χ0) is 16.5. The lowest BCUT2D eigenvalue weighted by Gasteiger charge is -2.24. The molecule has 1 aliphatic rings. The van der Waals surface area contributed by atoms with Crippen molar-refractivity contribution in [3.05, 3.63) is 58.4 Å². The molecule has 24 heavy (non-hydrogen) atoms. The molecule has 0 unspecified atom stereocenters. The summed E-state index contributed by atoms with van der Waals surface area (Å²) in [5, 5.41) is 13.4. The van der Waals surface area contributed by atoms with Crippen LogP contribution in [-0.2, 0) is 0 Å². The molecule has 3 heterocycles. The van der Waals surface area contributed by atoms with Crippen LogP contribution in [-0.4, -0.2) is 34.5 Å². The molecule has 0 aliphatic carbocycles. The number of nitrogens with one attached hydrogen (secondary N) is 2. The molecule has 0 saturated heterocycles. The summed E-state index contributed by atoms with van der Waals surface area (Å²) < 4.78 is 5.57. The van der Waals surface area contributed by atoms with Crippen molar-refractivity contribution >= 4 is 23.0 Å². The van der Waals surface area contributed by atoms with Gasteiger partial charge in [0, 0.05) is 10.9 Å². The fourth-order valence-electron chi connectivity index (χ4n) is 2.66. The first-order valence-electron chi connectivity index (χ1n) is 7.37. The molecule has 6 nitrogen and oxygen atoms in total. The minimum Gasteiger partial charge on any atom is -0.490 e. The number of ether oxygens (including phenoxy) is 1. The number of hydrogen-bond donors (Lipinski definition) is 2. The fourth-order valence-corrected chi connectivity index (χ4v) is 3.31. The first kappa shape index (κ1) is 14.6. The van der Waals surface area contributed by atoms with Crippen LogP contribution in [0.25, 0.3) is 11.3 Å². The van der Waals surface area contributed by atoms with Crippen LogP contribution in [0.5, 0.6) is 5.75 Å². The molecule has 1 aromatic carbocycles. The number of carbonyl (C=O) groups excluding carboxylic acids is 2. The second-order valence-electron chi connectivity index (χ2n) is 5.37. The van der Waals surface area contributed by atoms with Gasteiger partial charge in [-0.05, 0) is 23.6 Å². The second-order valence-corrected chi connectivity index (χ2v) is 6.15. The first-order chi connectivity index (χ1) is 11.7. The maximum atomic E-state index is 12.6. The first-order valence-corrected chi connectivity index (χ1v) is 8.31. The van der Waals surface area contributed by atoms with Gasteiger partial charge >= 0.3 is 0 Å². The van der Waals surface area contributed by atoms with Gasteiger partial charge in [-0.1, -0.05) is 12.1 Å². The Morgan fingerprint density at radius 2 is 2.21 bits per heavy atom. The smallest absolute Gasteiger partial charge is 0.255 e. The highest BCUT2D eigenvalue weighted by Gasteiger charge is 2.30. The zero-order valence-corrected chi connectivity index (χ0v) is 13.3. The minimum atomic E-state index is -0.711. The molecule has 0 spiro atoms. The zero-order valence-electron chi connectivity index (χ0n) is 12.5. The van der Waals surface area contributed by atoms with Gasteiger partial charge in [0.25, 0.3) is 5.91 Å². The summed E-state index contributed by atoms with van der Waals surface area (Å²) in [6.45, 7) is 0.118. The van der Waals surface area contributed by atoms with Gasteiger partial charge in [0.1, 0.15) is 18.4 Å². The summed E-state index contributed by atoms with van der Waals surface area (Å²) in [4.78, 5) is 25.1. The minimum absolute atomic E-state index is 0.118. The average Bonchev–Trinajstić information content (AvgIpc) is 3.28. The number of H-pyrrole nitrogens is 1. The largest absolute Gasteiger partial charge is 0.490 e. The number of aromatic nitrogens is 2. The van der Waals surface area contributed by atoms with E-state index >= 15 is 0 Å². The van der Waals surface area contributed by atoms with Crippen molar-refractivity contribution in [2.45, 2.75) is 6.04 Å². The summed E-state index contributed by atoms with van der Waals surface area (Å²) in [5.74, 6) is 0.0485. The fraction of sp³-hybridized carbons (Fsp3) is 0.118. The topological polar surface area (TPSA) is 84.1 Å². The molecule has 4 rings (SSSR count). The quantitative estimate of drug-likeness (QED) is 0.768. The van der Waals surface area contributed by atoms with Crippen molar-refractivity contribution in [1.82, 2.24) is 15.5 Å². The van der Waals surface area contributed by atoms with E-state index in [0.29, 0.717) is 22.6 Å². The lowest BCUT2D eigenvalue weighted by Crippen LogP contribution is -2.47. The van der Waals surface area contributed by atoms with E-state index in [9.17, 15) is 9.59 Å². The summed E-state index contributed by atoms with van der Waals surface area (Å²) in [6.07, 6.45) is 1.46. The van der Waals surface area contributed by atoms with E-state index in [0.717, 1.165) is 5.56 Å². The van der Waals surface area contributed by atoms with E-state index in [2.05, 4.69) is 15.5 Å². The van der Waals surface area contributed by atoms with E-state index in [4.69, 9.17) is 4.74 Å². The van der Waals surface area contributed by atoms with E-state index in [1.165, 1.54) is 17.5 Å². The van der Waals surface area contributed by atoms with Crippen LogP contribution in [0.3, 0.4) is 0 Å². The molecule has 2 aromatic heterocycles. The Morgan fingerprint density at radius 1 is 1.33 bits per heavy atom. The normalized spacial score (nSPS) is 16.3. The van der Waals surface area contributed by atoms with Crippen molar-refractivity contribution in [3.63, 3.8) is 0 Å². The van der Waals surface area contributed by atoms with Crippen LogP contribution in [0.4, 0.5) is 0 Å². The number of ketones is 1. The summed E-state index contributed by atoms with van der Waals surface area (Å²) in [6, 6.07) is 8.22. The Hall–Kier alpha value is -2.93. The highest BCUT2D eigenvalue weighted by Crippen LogP contribution is 2.26. The summed E-state index contributed by atoms with van der Waals surface area (Å²) >= 11 is 1.53. The van der Waals surface area contributed by atoms with Gasteiger partial charge in [-0.2, -0.15) is 16.4 Å². The Balaban J connectivity index is 1.56. The summed E-state index contributed by atoms with van der Waals surface area (Å²) in [5.41, 5.74) is 2.41. The Labute approximate surface area is 141 Å². The highest BCUT2D eigenvalue weighted by atomic mass is 32.1. The monoisotopic (exact) mass is 339 g/mol. The number of fused-ring (bicyclic) bond motifs is 1. The third kappa shape index (κ3) is 2.48. The molecule has 0 saturated carbocycles. The molecule has 3 aromatic rings. The maximum Gasteiger partial charge on any atom is 0.255 e. The molecular weight excluding hydrogens is 326 g/mol. The predicted molar refractivity (Wildman–Crippen MR) is 89.4 cm³/mol. The average molecular weight is 339 g/mol. The van der Waals surface area contributed by atoms with Gasteiger partial charge in [0.05, 0.1) is 23.0 Å². The maximum absolute atomic E-state index is 12.6. The van der Waals surface area contributed by atoms with Crippen molar-refractivity contribution in [1.29, 1.82) is 0 Å². The van der Waals surface area contributed by atoms with Crippen molar-refractivity contribution < 1.29 is 14.3 Å². The van der Waals surface area contributed by atoms with E-state index < -0.39 is 6.04 Å². The number of para-hydroxylation sites is 1. The second kappa shape index (κ2) is 5.93. The molecule has 1 amide bonds. The van der Waals surface area contributed by atoms with Gasteiger partial charge in [0.2, 0.25) is 0 Å². The SMILES string of the molecule is O=C(N[C@@H]1COc2ccccc2C1=O)c1cn[nH]c1-c1ccsc1. The molecule has 7 heteroatoms. The van der Waals surface area contributed by atoms with Crippen LogP contribution >= 0.6 is 11.3 Å². The number of nitrogens with zero attached hydrogens (tertiary/aromatic N) is 1. The molecule has 0 fully saturated rings. The molecule has 0 radical (unpaired) electrons. The van der Waals surface area contributed by atoms with E-state index in [1.807, 2.05) is 22.9 Å². The number of rotatable bonds is 3. The number of benzene rings is 1. The van der Waals surface area contributed by atoms with Gasteiger partial charge in [-0.25, -0.2) is 0 Å². The molecular formula is C17H13N3O3S. The van der Waals surface area contributed by atoms with Gasteiger partial charge in [0.15, 0.2) is 5.78 Å². The molecule has 0 bridgehead atoms. The third-order valence-corrected chi connectivity index (χ3v) is 4.56. The number of thiophene rings is 1. The third-order valence-electron chi connectivity index (χ3n) is 3.87. The van der Waals surface area contributed by atoms with Crippen molar-refractivity contribution in [2.75, 3.05) is 6.61 Å². The van der Waals surface area contributed by atoms with E-state index in [-0.39, 0.29) is 18.3 Å². The molecule has 1 atom stereocenters. The Morgan fingerprint density at radius 3 is 3.04 bits per heavy atom. The number of hydrogen-bond acceptors (Lipinski definition) is 5. The standard InChI is InChI=1S/C17H13N3O3S/c21-16-11-3-1-2-4-14(11)23-8-13(16)19-17(22)12-7-18-20-15(12)10-5-6-24-9-10/h1-7,9,13H,8H2,(H,18,20)(H,19,22)/t13-/m1/s1. The van der Waals surface area contributed by atoms with Crippen molar-refractivity contribution in [3.8, 4) is 17.0 Å². The van der Waals surface area contributed by atoms with Gasteiger partial charge < -0.3 is 10.1 Å². The Kier molecular flexibility index (Phi) is 3.62. The number of amides is 1. The van der Waals surface area contributed by atoms with Crippen LogP contribution < -0.4 is 10.1 Å². The van der Waals surface area contributed by atoms with E-state index in [1.54, 1.807) is 18.2 Å². The molecule has 120 valence electrons. The highest BCUT2D eigenvalue weighted by molar-refractivity contribution is 7.08. The molecule has 1 aliphatic heterocycles. The van der Waals surface area contributed by atoms with Crippen LogP contribution in [0.1, 0.15) is 20.7 Å². The van der Waals surface area contributed by atoms with Crippen molar-refractivity contribution in [2.24, 2.45) is 0 Å². The number of carbonyl (C=O) groups is 2. The lowest BCUT2D eigenvalue weighted by molar-refractivity contribution is 0.0795. The van der Waals surface area contributed by atoms with Gasteiger partial charge in [-0.15, -0.1) is 0 Å². The van der Waals surface area contributed by atoms with Crippen LogP contribution in [0.15, 0.2) is 47.3 Å². The molecule has 2 N–H and O–H groups in total. The lowest BCUT2D eigenvalue weighted by atomic mass is 10.0. The van der Waals surface area contributed by atoms with Crippen LogP contribution in [0.2, 0.25) is 0 Å². The Bertz CT molecular complexity index is 901. The predicted octanol–water partition coefficient (Wildman–Crippen LogP) is 2.51. The van der Waals surface area contributed by atoms with Gasteiger partial charge in [-0.3, -0.25) is 14.7 Å². The van der Waals surface area contributed by atoms with Crippen LogP contribution in [0, 0.1) is 0 Å². The number of Topliss-reactive ketones (excluding diaryl/α,β-unsaturated/α-hetero) is 1.